The van der Waals surface area contributed by atoms with E-state index in [1.165, 1.54) is 19.3 Å². The predicted molar refractivity (Wildman–Crippen MR) is 74.9 cm³/mol. The van der Waals surface area contributed by atoms with Gasteiger partial charge in [0.25, 0.3) is 0 Å². The number of hydrogen-bond donors (Lipinski definition) is 0. The number of rotatable bonds is 5. The first kappa shape index (κ1) is 14.0. The van der Waals surface area contributed by atoms with E-state index in [4.69, 9.17) is 4.74 Å². The van der Waals surface area contributed by atoms with Gasteiger partial charge in [-0.2, -0.15) is 0 Å². The van der Waals surface area contributed by atoms with Crippen LogP contribution in [0.2, 0.25) is 0 Å². The third-order valence-corrected chi connectivity index (χ3v) is 3.81. The fraction of sp³-hybridized carbons (Fsp3) is 0.625. The first-order valence-electron chi connectivity index (χ1n) is 7.41. The van der Waals surface area contributed by atoms with Crippen molar-refractivity contribution in [1.82, 2.24) is 4.98 Å². The van der Waals surface area contributed by atoms with Gasteiger partial charge >= 0.3 is 5.97 Å². The third kappa shape index (κ3) is 4.05. The Balaban J connectivity index is 1.99. The maximum absolute atomic E-state index is 12.4. The zero-order valence-corrected chi connectivity index (χ0v) is 11.7. The first-order valence-corrected chi connectivity index (χ1v) is 7.41. The van der Waals surface area contributed by atoms with Gasteiger partial charge in [-0.05, 0) is 49.8 Å². The second-order valence-corrected chi connectivity index (χ2v) is 5.32. The van der Waals surface area contributed by atoms with Crippen LogP contribution in [0.1, 0.15) is 63.4 Å². The summed E-state index contributed by atoms with van der Waals surface area (Å²) in [6, 6.07) is 3.84. The Morgan fingerprint density at radius 3 is 2.63 bits per heavy atom. The average molecular weight is 261 g/mol. The van der Waals surface area contributed by atoms with Gasteiger partial charge in [0.1, 0.15) is 6.10 Å². The van der Waals surface area contributed by atoms with Crippen LogP contribution >= 0.6 is 0 Å². The number of nitrogens with zero attached hydrogens (tertiary/aromatic N) is 1. The van der Waals surface area contributed by atoms with Gasteiger partial charge in [0.2, 0.25) is 0 Å². The molecule has 1 saturated carbocycles. The van der Waals surface area contributed by atoms with Crippen molar-refractivity contribution in [1.29, 1.82) is 0 Å². The number of pyridine rings is 1. The van der Waals surface area contributed by atoms with Crippen LogP contribution in [0.3, 0.4) is 0 Å². The van der Waals surface area contributed by atoms with Crippen molar-refractivity contribution < 1.29 is 9.53 Å². The molecule has 104 valence electrons. The molecule has 1 aliphatic rings. The fourth-order valence-electron chi connectivity index (χ4n) is 2.73. The van der Waals surface area contributed by atoms with Gasteiger partial charge in [-0.15, -0.1) is 0 Å². The summed E-state index contributed by atoms with van der Waals surface area (Å²) in [4.78, 5) is 16.4. The highest BCUT2D eigenvalue weighted by Gasteiger charge is 2.25. The van der Waals surface area contributed by atoms with E-state index in [1.54, 1.807) is 12.4 Å². The zero-order chi connectivity index (χ0) is 13.5. The lowest BCUT2D eigenvalue weighted by Crippen LogP contribution is -2.25. The molecule has 3 nitrogen and oxygen atoms in total. The molecule has 1 fully saturated rings. The fourth-order valence-corrected chi connectivity index (χ4v) is 2.73. The summed E-state index contributed by atoms with van der Waals surface area (Å²) >= 11 is 0. The molecule has 3 heteroatoms. The van der Waals surface area contributed by atoms with Crippen molar-refractivity contribution in [2.45, 2.75) is 63.9 Å². The van der Waals surface area contributed by atoms with E-state index in [0.29, 0.717) is 0 Å². The van der Waals surface area contributed by atoms with Gasteiger partial charge < -0.3 is 4.74 Å². The molecule has 0 N–H and O–H groups in total. The molecule has 0 bridgehead atoms. The van der Waals surface area contributed by atoms with Gasteiger partial charge in [0.05, 0.1) is 5.92 Å². The van der Waals surface area contributed by atoms with Gasteiger partial charge in [-0.25, -0.2) is 0 Å². The summed E-state index contributed by atoms with van der Waals surface area (Å²) in [5.74, 6) is -0.185. The molecule has 1 heterocycles. The minimum absolute atomic E-state index is 0.0556. The van der Waals surface area contributed by atoms with Crippen LogP contribution in [0.25, 0.3) is 0 Å². The molecule has 2 rings (SSSR count). The Labute approximate surface area is 115 Å². The molecule has 1 aliphatic carbocycles. The van der Waals surface area contributed by atoms with Crippen molar-refractivity contribution in [3.05, 3.63) is 30.1 Å². The number of carbonyl (C=O) groups excluding carboxylic acids is 1. The van der Waals surface area contributed by atoms with Crippen LogP contribution in [0.5, 0.6) is 0 Å². The molecule has 0 amide bonds. The SMILES string of the molecule is CCCC(C(=O)OC1CCCCC1)c1ccncc1. The number of carbonyl (C=O) groups is 1. The Morgan fingerprint density at radius 1 is 1.32 bits per heavy atom. The molecule has 1 atom stereocenters. The van der Waals surface area contributed by atoms with E-state index in [0.717, 1.165) is 31.2 Å². The van der Waals surface area contributed by atoms with Crippen LogP contribution < -0.4 is 0 Å². The van der Waals surface area contributed by atoms with E-state index < -0.39 is 0 Å². The summed E-state index contributed by atoms with van der Waals surface area (Å²) in [7, 11) is 0. The summed E-state index contributed by atoms with van der Waals surface area (Å²) in [6.07, 6.45) is 11.2. The number of hydrogen-bond acceptors (Lipinski definition) is 3. The highest BCUT2D eigenvalue weighted by atomic mass is 16.5. The summed E-state index contributed by atoms with van der Waals surface area (Å²) in [5.41, 5.74) is 1.03. The van der Waals surface area contributed by atoms with Crippen molar-refractivity contribution >= 4 is 5.97 Å². The molecule has 0 radical (unpaired) electrons. The van der Waals surface area contributed by atoms with E-state index in [-0.39, 0.29) is 18.0 Å². The van der Waals surface area contributed by atoms with Crippen molar-refractivity contribution in [3.63, 3.8) is 0 Å². The number of aromatic nitrogens is 1. The minimum Gasteiger partial charge on any atom is -0.462 e. The normalized spacial score (nSPS) is 17.9. The average Bonchev–Trinajstić information content (AvgIpc) is 2.46. The maximum atomic E-state index is 12.4. The monoisotopic (exact) mass is 261 g/mol. The predicted octanol–water partition coefficient (Wildman–Crippen LogP) is 3.84. The van der Waals surface area contributed by atoms with Gasteiger partial charge in [0.15, 0.2) is 0 Å². The van der Waals surface area contributed by atoms with Crippen molar-refractivity contribution in [3.8, 4) is 0 Å². The summed E-state index contributed by atoms with van der Waals surface area (Å²) in [5, 5.41) is 0. The second-order valence-electron chi connectivity index (χ2n) is 5.32. The van der Waals surface area contributed by atoms with Crippen LogP contribution in [0.4, 0.5) is 0 Å². The second kappa shape index (κ2) is 7.27. The smallest absolute Gasteiger partial charge is 0.313 e. The number of ether oxygens (including phenoxy) is 1. The number of esters is 1. The van der Waals surface area contributed by atoms with Crippen LogP contribution in [0.15, 0.2) is 24.5 Å². The molecule has 1 aromatic rings. The Kier molecular flexibility index (Phi) is 5.37. The van der Waals surface area contributed by atoms with E-state index in [2.05, 4.69) is 11.9 Å². The van der Waals surface area contributed by atoms with Crippen LogP contribution in [0, 0.1) is 0 Å². The molecule has 0 spiro atoms. The van der Waals surface area contributed by atoms with Crippen LogP contribution in [-0.4, -0.2) is 17.1 Å². The highest BCUT2D eigenvalue weighted by molar-refractivity contribution is 5.78. The standard InChI is InChI=1S/C16H23NO2/c1-2-6-15(13-9-11-17-12-10-13)16(18)19-14-7-4-3-5-8-14/h9-12,14-15H,2-8H2,1H3. The molecule has 0 aromatic carbocycles. The molecule has 0 saturated heterocycles. The van der Waals surface area contributed by atoms with E-state index in [1.807, 2.05) is 12.1 Å². The lowest BCUT2D eigenvalue weighted by molar-refractivity contribution is -0.152. The van der Waals surface area contributed by atoms with Crippen molar-refractivity contribution in [2.24, 2.45) is 0 Å². The molecule has 0 aliphatic heterocycles. The first-order chi connectivity index (χ1) is 9.31. The van der Waals surface area contributed by atoms with Gasteiger partial charge in [0, 0.05) is 12.4 Å². The maximum Gasteiger partial charge on any atom is 0.313 e. The highest BCUT2D eigenvalue weighted by Crippen LogP contribution is 2.26. The quantitative estimate of drug-likeness (QED) is 0.756. The molecule has 1 aromatic heterocycles. The lowest BCUT2D eigenvalue weighted by Gasteiger charge is -2.24. The molecule has 19 heavy (non-hydrogen) atoms. The Hall–Kier alpha value is -1.38. The van der Waals surface area contributed by atoms with Gasteiger partial charge in [-0.1, -0.05) is 19.8 Å². The van der Waals surface area contributed by atoms with Crippen molar-refractivity contribution in [2.75, 3.05) is 0 Å². The van der Waals surface area contributed by atoms with E-state index in [9.17, 15) is 4.79 Å². The topological polar surface area (TPSA) is 39.2 Å². The van der Waals surface area contributed by atoms with Crippen LogP contribution in [-0.2, 0) is 9.53 Å². The Morgan fingerprint density at radius 2 is 2.00 bits per heavy atom. The molecule has 1 unspecified atom stereocenters. The molecular formula is C16H23NO2. The van der Waals surface area contributed by atoms with E-state index >= 15 is 0 Å². The largest absolute Gasteiger partial charge is 0.462 e. The van der Waals surface area contributed by atoms with Gasteiger partial charge in [-0.3, -0.25) is 9.78 Å². The summed E-state index contributed by atoms with van der Waals surface area (Å²) < 4.78 is 5.70. The Bertz CT molecular complexity index is 385. The molecular weight excluding hydrogens is 238 g/mol. The minimum atomic E-state index is -0.130. The zero-order valence-electron chi connectivity index (χ0n) is 11.7. The third-order valence-electron chi connectivity index (χ3n) is 3.81. The lowest BCUT2D eigenvalue weighted by atomic mass is 9.94. The summed E-state index contributed by atoms with van der Waals surface area (Å²) in [6.45, 7) is 2.10.